The molecule has 19 heavy (non-hydrogen) atoms. The molecule has 0 amide bonds. The van der Waals surface area contributed by atoms with Gasteiger partial charge >= 0.3 is 0 Å². The van der Waals surface area contributed by atoms with Crippen LogP contribution in [0.1, 0.15) is 49.4 Å². The summed E-state index contributed by atoms with van der Waals surface area (Å²) in [4.78, 5) is 7.76. The van der Waals surface area contributed by atoms with Crippen molar-refractivity contribution in [3.8, 4) is 11.3 Å². The summed E-state index contributed by atoms with van der Waals surface area (Å²) in [6, 6.07) is -0.00835. The van der Waals surface area contributed by atoms with Crippen molar-refractivity contribution in [2.45, 2.75) is 46.1 Å². The summed E-state index contributed by atoms with van der Waals surface area (Å²) >= 11 is 0. The number of unbranched alkanes of at least 4 members (excludes halogenated alkanes) is 1. The number of nitrogens with zero attached hydrogens (tertiary/aromatic N) is 3. The molecular formula is C14H23N5. The third kappa shape index (κ3) is 2.71. The maximum atomic E-state index is 6.14. The summed E-state index contributed by atoms with van der Waals surface area (Å²) in [5.41, 5.74) is 10.4. The van der Waals surface area contributed by atoms with Gasteiger partial charge in [-0.05, 0) is 20.3 Å². The summed E-state index contributed by atoms with van der Waals surface area (Å²) in [6.07, 6.45) is 5.11. The Morgan fingerprint density at radius 1 is 1.42 bits per heavy atom. The van der Waals surface area contributed by atoms with E-state index in [0.717, 1.165) is 47.7 Å². The number of nitrogens with one attached hydrogen (secondary N) is 1. The molecule has 5 heteroatoms. The van der Waals surface area contributed by atoms with E-state index in [4.69, 9.17) is 5.73 Å². The lowest BCUT2D eigenvalue weighted by atomic mass is 10.1. The molecule has 2 aromatic rings. The highest BCUT2D eigenvalue weighted by Crippen LogP contribution is 2.26. The van der Waals surface area contributed by atoms with Gasteiger partial charge in [-0.1, -0.05) is 19.8 Å². The normalized spacial score (nSPS) is 12.9. The van der Waals surface area contributed by atoms with Crippen LogP contribution in [0.2, 0.25) is 0 Å². The van der Waals surface area contributed by atoms with Crippen molar-refractivity contribution < 1.29 is 0 Å². The molecule has 0 fully saturated rings. The van der Waals surface area contributed by atoms with Gasteiger partial charge in [0.15, 0.2) is 0 Å². The second kappa shape index (κ2) is 5.57. The Balaban J connectivity index is 2.25. The van der Waals surface area contributed by atoms with Gasteiger partial charge in [0, 0.05) is 18.3 Å². The Morgan fingerprint density at radius 3 is 2.74 bits per heavy atom. The van der Waals surface area contributed by atoms with Crippen molar-refractivity contribution in [2.24, 2.45) is 12.8 Å². The molecule has 104 valence electrons. The average Bonchev–Trinajstić information content (AvgIpc) is 2.93. The third-order valence-electron chi connectivity index (χ3n) is 3.59. The molecule has 0 aromatic carbocycles. The zero-order valence-corrected chi connectivity index (χ0v) is 12.2. The van der Waals surface area contributed by atoms with Crippen LogP contribution < -0.4 is 5.73 Å². The van der Waals surface area contributed by atoms with Gasteiger partial charge in [-0.2, -0.15) is 5.10 Å². The van der Waals surface area contributed by atoms with Gasteiger partial charge in [-0.25, -0.2) is 4.98 Å². The van der Waals surface area contributed by atoms with Gasteiger partial charge in [0.1, 0.15) is 5.82 Å². The number of aryl methyl sites for hydroxylation is 2. The first-order valence-electron chi connectivity index (χ1n) is 6.85. The predicted octanol–water partition coefficient (Wildman–Crippen LogP) is 2.62. The molecule has 5 nitrogen and oxygen atoms in total. The zero-order chi connectivity index (χ0) is 14.0. The number of nitrogens with two attached hydrogens (primary N) is 1. The van der Waals surface area contributed by atoms with Crippen LogP contribution in [0.25, 0.3) is 11.3 Å². The Bertz CT molecular complexity index is 552. The summed E-state index contributed by atoms with van der Waals surface area (Å²) in [5, 5.41) is 4.43. The average molecular weight is 261 g/mol. The molecule has 0 aliphatic carbocycles. The molecule has 2 rings (SSSR count). The van der Waals surface area contributed by atoms with Gasteiger partial charge in [0.2, 0.25) is 0 Å². The van der Waals surface area contributed by atoms with E-state index < -0.39 is 0 Å². The van der Waals surface area contributed by atoms with Crippen LogP contribution in [-0.2, 0) is 7.05 Å². The van der Waals surface area contributed by atoms with E-state index in [-0.39, 0.29) is 6.04 Å². The van der Waals surface area contributed by atoms with E-state index in [1.165, 1.54) is 0 Å². The monoisotopic (exact) mass is 261 g/mol. The molecule has 0 saturated carbocycles. The van der Waals surface area contributed by atoms with Crippen LogP contribution >= 0.6 is 0 Å². The number of H-pyrrole nitrogens is 1. The smallest absolute Gasteiger partial charge is 0.123 e. The molecule has 1 unspecified atom stereocenters. The predicted molar refractivity (Wildman–Crippen MR) is 76.7 cm³/mol. The van der Waals surface area contributed by atoms with Crippen molar-refractivity contribution in [1.29, 1.82) is 0 Å². The van der Waals surface area contributed by atoms with E-state index in [1.807, 2.05) is 24.9 Å². The van der Waals surface area contributed by atoms with Crippen LogP contribution in [0.5, 0.6) is 0 Å². The largest absolute Gasteiger partial charge is 0.341 e. The second-order valence-electron chi connectivity index (χ2n) is 5.10. The first-order valence-corrected chi connectivity index (χ1v) is 6.85. The molecule has 2 aromatic heterocycles. The molecule has 0 aliphatic rings. The van der Waals surface area contributed by atoms with Gasteiger partial charge in [0.25, 0.3) is 0 Å². The van der Waals surface area contributed by atoms with Crippen molar-refractivity contribution in [1.82, 2.24) is 19.7 Å². The fourth-order valence-electron chi connectivity index (χ4n) is 2.38. The van der Waals surface area contributed by atoms with Crippen LogP contribution in [-0.4, -0.2) is 19.7 Å². The quantitative estimate of drug-likeness (QED) is 0.869. The topological polar surface area (TPSA) is 72.5 Å². The highest BCUT2D eigenvalue weighted by molar-refractivity contribution is 5.64. The summed E-state index contributed by atoms with van der Waals surface area (Å²) in [7, 11) is 1.95. The fraction of sp³-hybridized carbons (Fsp3) is 0.571. The molecule has 0 spiro atoms. The Morgan fingerprint density at radius 2 is 2.16 bits per heavy atom. The lowest BCUT2D eigenvalue weighted by Gasteiger charge is -2.07. The van der Waals surface area contributed by atoms with Crippen LogP contribution in [0.4, 0.5) is 0 Å². The summed E-state index contributed by atoms with van der Waals surface area (Å²) in [5.74, 6) is 0.867. The van der Waals surface area contributed by atoms with Crippen molar-refractivity contribution in [3.05, 3.63) is 23.4 Å². The number of hydrogen-bond donors (Lipinski definition) is 2. The van der Waals surface area contributed by atoms with Crippen LogP contribution in [0.15, 0.2) is 6.20 Å². The molecule has 0 bridgehead atoms. The SMILES string of the molecule is CCCCC(N)c1ncc(-c2c(C)nn(C)c2C)[nH]1. The van der Waals surface area contributed by atoms with Crippen molar-refractivity contribution in [2.75, 3.05) is 0 Å². The first-order chi connectivity index (χ1) is 9.04. The molecular weight excluding hydrogens is 238 g/mol. The fourth-order valence-corrected chi connectivity index (χ4v) is 2.38. The molecule has 0 aliphatic heterocycles. The van der Waals surface area contributed by atoms with E-state index in [1.54, 1.807) is 0 Å². The Kier molecular flexibility index (Phi) is 4.04. The van der Waals surface area contributed by atoms with Gasteiger partial charge in [-0.3, -0.25) is 4.68 Å². The third-order valence-corrected chi connectivity index (χ3v) is 3.59. The number of aromatic amines is 1. The number of aromatic nitrogens is 4. The van der Waals surface area contributed by atoms with E-state index in [0.29, 0.717) is 0 Å². The minimum Gasteiger partial charge on any atom is -0.341 e. The van der Waals surface area contributed by atoms with Gasteiger partial charge in [0.05, 0.1) is 23.6 Å². The molecule has 1 atom stereocenters. The lowest BCUT2D eigenvalue weighted by molar-refractivity contribution is 0.580. The molecule has 2 heterocycles. The molecule has 0 saturated heterocycles. The number of imidazole rings is 1. The van der Waals surface area contributed by atoms with Crippen molar-refractivity contribution in [3.63, 3.8) is 0 Å². The molecule has 3 N–H and O–H groups in total. The van der Waals surface area contributed by atoms with Gasteiger partial charge in [-0.15, -0.1) is 0 Å². The Labute approximate surface area is 114 Å². The standard InChI is InChI=1S/C14H23N5/c1-5-6-7-11(15)14-16-8-12(17-14)13-9(2)18-19(4)10(13)3/h8,11H,5-7,15H2,1-4H3,(H,16,17). The number of hydrogen-bond acceptors (Lipinski definition) is 3. The highest BCUT2D eigenvalue weighted by atomic mass is 15.3. The minimum absolute atomic E-state index is 0.00835. The minimum atomic E-state index is -0.00835. The maximum Gasteiger partial charge on any atom is 0.123 e. The summed E-state index contributed by atoms with van der Waals surface area (Å²) in [6.45, 7) is 6.25. The van der Waals surface area contributed by atoms with E-state index >= 15 is 0 Å². The zero-order valence-electron chi connectivity index (χ0n) is 12.2. The lowest BCUT2D eigenvalue weighted by Crippen LogP contribution is -2.11. The number of rotatable bonds is 5. The van der Waals surface area contributed by atoms with Crippen LogP contribution in [0, 0.1) is 13.8 Å². The highest BCUT2D eigenvalue weighted by Gasteiger charge is 2.16. The van der Waals surface area contributed by atoms with E-state index in [2.05, 4.69) is 28.9 Å². The maximum absolute atomic E-state index is 6.14. The molecule has 0 radical (unpaired) electrons. The van der Waals surface area contributed by atoms with E-state index in [9.17, 15) is 0 Å². The van der Waals surface area contributed by atoms with Gasteiger partial charge < -0.3 is 10.7 Å². The van der Waals surface area contributed by atoms with Crippen LogP contribution in [0.3, 0.4) is 0 Å². The first kappa shape index (κ1) is 13.8. The van der Waals surface area contributed by atoms with Crippen molar-refractivity contribution >= 4 is 0 Å². The summed E-state index contributed by atoms with van der Waals surface area (Å²) < 4.78 is 1.89. The second-order valence-corrected chi connectivity index (χ2v) is 5.10. The Hall–Kier alpha value is -1.62.